The van der Waals surface area contributed by atoms with E-state index < -0.39 is 0 Å². The first-order valence-corrected chi connectivity index (χ1v) is 7.43. The third-order valence-electron chi connectivity index (χ3n) is 3.38. The van der Waals surface area contributed by atoms with Crippen LogP contribution in [0.2, 0.25) is 0 Å². The third-order valence-corrected chi connectivity index (χ3v) is 3.94. The van der Waals surface area contributed by atoms with Crippen LogP contribution in [0.4, 0.5) is 0 Å². The Morgan fingerprint density at radius 1 is 1.15 bits per heavy atom. The molecule has 104 valence electrons. The van der Waals surface area contributed by atoms with Crippen molar-refractivity contribution in [1.29, 1.82) is 0 Å². The molecule has 1 unspecified atom stereocenters. The number of nitrogens with zero attached hydrogens (tertiary/aromatic N) is 2. The molecular formula is C16H17BrN2O. The fourth-order valence-corrected chi connectivity index (χ4v) is 2.90. The molecule has 3 nitrogen and oxygen atoms in total. The van der Waals surface area contributed by atoms with Crippen molar-refractivity contribution in [2.24, 2.45) is 0 Å². The van der Waals surface area contributed by atoms with Crippen molar-refractivity contribution >= 4 is 15.9 Å². The maximum Gasteiger partial charge on any atom is 0.170 e. The van der Waals surface area contributed by atoms with E-state index in [0.29, 0.717) is 0 Å². The van der Waals surface area contributed by atoms with Crippen molar-refractivity contribution in [3.05, 3.63) is 58.3 Å². The lowest BCUT2D eigenvalue weighted by atomic mass is 9.96. The van der Waals surface area contributed by atoms with Crippen LogP contribution in [0.1, 0.15) is 37.9 Å². The number of rotatable bonds is 1. The SMILES string of the molecule is CC(C)(C)N1Oc2c(Br)cncc2C1c1ccccc1. The molecule has 0 fully saturated rings. The largest absolute Gasteiger partial charge is 0.403 e. The van der Waals surface area contributed by atoms with Gasteiger partial charge in [0, 0.05) is 23.5 Å². The lowest BCUT2D eigenvalue weighted by Crippen LogP contribution is -2.43. The Morgan fingerprint density at radius 3 is 2.50 bits per heavy atom. The maximum absolute atomic E-state index is 6.12. The first-order valence-electron chi connectivity index (χ1n) is 6.64. The van der Waals surface area contributed by atoms with Crippen LogP contribution in [0, 0.1) is 0 Å². The Hall–Kier alpha value is -1.39. The van der Waals surface area contributed by atoms with Gasteiger partial charge in [-0.2, -0.15) is 0 Å². The summed E-state index contributed by atoms with van der Waals surface area (Å²) < 4.78 is 0.891. The molecule has 1 aliphatic rings. The van der Waals surface area contributed by atoms with E-state index in [1.165, 1.54) is 5.56 Å². The number of pyridine rings is 1. The van der Waals surface area contributed by atoms with Crippen LogP contribution in [-0.2, 0) is 0 Å². The second kappa shape index (κ2) is 4.86. The van der Waals surface area contributed by atoms with Gasteiger partial charge in [0.15, 0.2) is 5.75 Å². The van der Waals surface area contributed by atoms with E-state index in [-0.39, 0.29) is 11.6 Å². The van der Waals surface area contributed by atoms with Gasteiger partial charge < -0.3 is 4.84 Å². The average Bonchev–Trinajstić information content (AvgIpc) is 2.80. The second-order valence-electron chi connectivity index (χ2n) is 5.94. The van der Waals surface area contributed by atoms with Crippen LogP contribution in [0.15, 0.2) is 47.2 Å². The Bertz CT molecular complexity index is 622. The summed E-state index contributed by atoms with van der Waals surface area (Å²) >= 11 is 3.53. The molecule has 1 aromatic heterocycles. The molecule has 0 radical (unpaired) electrons. The Balaban J connectivity index is 2.15. The standard InChI is InChI=1S/C16H17BrN2O/c1-16(2,3)19-14(11-7-5-4-6-8-11)12-9-18-10-13(17)15(12)20-19/h4-10,14H,1-3H3. The highest BCUT2D eigenvalue weighted by molar-refractivity contribution is 9.10. The minimum absolute atomic E-state index is 0.0659. The van der Waals surface area contributed by atoms with E-state index in [4.69, 9.17) is 4.84 Å². The normalized spacial score (nSPS) is 18.7. The fraction of sp³-hybridized carbons (Fsp3) is 0.312. The molecule has 2 aromatic rings. The number of hydrogen-bond acceptors (Lipinski definition) is 3. The third kappa shape index (κ3) is 2.23. The van der Waals surface area contributed by atoms with Crippen LogP contribution in [0.3, 0.4) is 0 Å². The van der Waals surface area contributed by atoms with Crippen LogP contribution in [0.25, 0.3) is 0 Å². The first kappa shape index (κ1) is 13.6. The van der Waals surface area contributed by atoms with E-state index in [9.17, 15) is 0 Å². The molecule has 1 aliphatic heterocycles. The molecule has 0 aliphatic carbocycles. The van der Waals surface area contributed by atoms with Crippen LogP contribution in [-0.4, -0.2) is 15.6 Å². The molecular weight excluding hydrogens is 316 g/mol. The zero-order valence-electron chi connectivity index (χ0n) is 11.8. The van der Waals surface area contributed by atoms with Crippen molar-refractivity contribution in [3.8, 4) is 5.75 Å². The van der Waals surface area contributed by atoms with E-state index in [2.05, 4.69) is 66.0 Å². The molecule has 0 saturated carbocycles. The maximum atomic E-state index is 6.12. The van der Waals surface area contributed by atoms with E-state index >= 15 is 0 Å². The first-order chi connectivity index (χ1) is 9.48. The minimum atomic E-state index is -0.112. The summed E-state index contributed by atoms with van der Waals surface area (Å²) in [4.78, 5) is 10.4. The molecule has 2 heterocycles. The van der Waals surface area contributed by atoms with Crippen molar-refractivity contribution in [3.63, 3.8) is 0 Å². The topological polar surface area (TPSA) is 25.4 Å². The Kier molecular flexibility index (Phi) is 3.30. The Morgan fingerprint density at radius 2 is 1.85 bits per heavy atom. The van der Waals surface area contributed by atoms with Gasteiger partial charge in [-0.15, -0.1) is 5.06 Å². The molecule has 1 aromatic carbocycles. The summed E-state index contributed by atoms with van der Waals surface area (Å²) in [7, 11) is 0. The predicted octanol–water partition coefficient (Wildman–Crippen LogP) is 4.34. The number of benzene rings is 1. The van der Waals surface area contributed by atoms with Gasteiger partial charge in [-0.05, 0) is 42.3 Å². The van der Waals surface area contributed by atoms with Gasteiger partial charge in [0.25, 0.3) is 0 Å². The molecule has 0 N–H and O–H groups in total. The van der Waals surface area contributed by atoms with Crippen molar-refractivity contribution < 1.29 is 4.84 Å². The fourth-order valence-electron chi connectivity index (χ4n) is 2.48. The van der Waals surface area contributed by atoms with Crippen LogP contribution >= 0.6 is 15.9 Å². The van der Waals surface area contributed by atoms with E-state index in [1.54, 1.807) is 6.20 Å². The molecule has 3 rings (SSSR count). The molecule has 20 heavy (non-hydrogen) atoms. The smallest absolute Gasteiger partial charge is 0.170 e. The summed E-state index contributed by atoms with van der Waals surface area (Å²) in [6.07, 6.45) is 3.66. The highest BCUT2D eigenvalue weighted by atomic mass is 79.9. The number of aromatic nitrogens is 1. The highest BCUT2D eigenvalue weighted by Crippen LogP contribution is 2.47. The summed E-state index contributed by atoms with van der Waals surface area (Å²) in [5.41, 5.74) is 2.19. The Labute approximate surface area is 127 Å². The number of fused-ring (bicyclic) bond motifs is 1. The summed E-state index contributed by atoms with van der Waals surface area (Å²) in [6.45, 7) is 6.45. The van der Waals surface area contributed by atoms with Gasteiger partial charge in [0.1, 0.15) is 6.04 Å². The van der Waals surface area contributed by atoms with E-state index in [0.717, 1.165) is 15.8 Å². The highest BCUT2D eigenvalue weighted by Gasteiger charge is 2.41. The second-order valence-corrected chi connectivity index (χ2v) is 6.80. The quantitative estimate of drug-likeness (QED) is 0.776. The van der Waals surface area contributed by atoms with Crippen molar-refractivity contribution in [1.82, 2.24) is 10.0 Å². The van der Waals surface area contributed by atoms with E-state index in [1.807, 2.05) is 17.3 Å². The van der Waals surface area contributed by atoms with Gasteiger partial charge in [-0.1, -0.05) is 30.3 Å². The van der Waals surface area contributed by atoms with Gasteiger partial charge in [0.05, 0.1) is 4.47 Å². The lowest BCUT2D eigenvalue weighted by molar-refractivity contribution is -0.129. The molecule has 0 spiro atoms. The van der Waals surface area contributed by atoms with Gasteiger partial charge >= 0.3 is 0 Å². The zero-order valence-corrected chi connectivity index (χ0v) is 13.4. The number of halogens is 1. The lowest BCUT2D eigenvalue weighted by Gasteiger charge is -2.34. The molecule has 0 bridgehead atoms. The number of hydroxylamine groups is 2. The molecule has 0 amide bonds. The predicted molar refractivity (Wildman–Crippen MR) is 82.4 cm³/mol. The minimum Gasteiger partial charge on any atom is -0.403 e. The van der Waals surface area contributed by atoms with Crippen molar-refractivity contribution in [2.45, 2.75) is 32.4 Å². The van der Waals surface area contributed by atoms with Gasteiger partial charge in [-0.3, -0.25) is 4.98 Å². The van der Waals surface area contributed by atoms with Gasteiger partial charge in [0.2, 0.25) is 0 Å². The van der Waals surface area contributed by atoms with Gasteiger partial charge in [-0.25, -0.2) is 0 Å². The molecule has 4 heteroatoms. The van der Waals surface area contributed by atoms with Crippen LogP contribution in [0.5, 0.6) is 5.75 Å². The summed E-state index contributed by atoms with van der Waals surface area (Å²) in [5, 5.41) is 2.04. The van der Waals surface area contributed by atoms with Crippen LogP contribution < -0.4 is 4.84 Å². The molecule has 0 saturated heterocycles. The molecule has 1 atom stereocenters. The summed E-state index contributed by atoms with van der Waals surface area (Å²) in [5.74, 6) is 0.865. The average molecular weight is 333 g/mol. The zero-order chi connectivity index (χ0) is 14.3. The monoisotopic (exact) mass is 332 g/mol. The summed E-state index contributed by atoms with van der Waals surface area (Å²) in [6, 6.07) is 10.5. The van der Waals surface area contributed by atoms with Crippen molar-refractivity contribution in [2.75, 3.05) is 0 Å². The number of hydrogen-bond donors (Lipinski definition) is 0.